The summed E-state index contributed by atoms with van der Waals surface area (Å²) < 4.78 is 0. The lowest BCUT2D eigenvalue weighted by molar-refractivity contribution is 0.111. The summed E-state index contributed by atoms with van der Waals surface area (Å²) in [7, 11) is 4.44. The number of phenols is 1. The Kier molecular flexibility index (Phi) is 4.48. The first-order valence-electron chi connectivity index (χ1n) is 8.07. The Labute approximate surface area is 127 Å². The number of nitrogens with one attached hydrogen (secondary N) is 1. The largest absolute Gasteiger partial charge is 0.508 e. The van der Waals surface area contributed by atoms with E-state index in [0.29, 0.717) is 17.8 Å². The summed E-state index contributed by atoms with van der Waals surface area (Å²) in [5, 5.41) is 13.4. The fourth-order valence-corrected chi connectivity index (χ4v) is 3.61. The van der Waals surface area contributed by atoms with E-state index in [1.54, 1.807) is 0 Å². The molecule has 4 heteroatoms. The predicted octanol–water partition coefficient (Wildman–Crippen LogP) is 1.60. The number of phenolic OH excluding ortho intramolecular Hbond substituents is 1. The maximum Gasteiger partial charge on any atom is 0.115 e. The van der Waals surface area contributed by atoms with Crippen molar-refractivity contribution in [3.63, 3.8) is 0 Å². The molecule has 0 radical (unpaired) electrons. The van der Waals surface area contributed by atoms with E-state index in [0.717, 1.165) is 26.1 Å². The minimum Gasteiger partial charge on any atom is -0.508 e. The second-order valence-corrected chi connectivity index (χ2v) is 6.63. The van der Waals surface area contributed by atoms with E-state index in [1.165, 1.54) is 30.5 Å². The van der Waals surface area contributed by atoms with Gasteiger partial charge in [-0.05, 0) is 56.6 Å². The zero-order valence-corrected chi connectivity index (χ0v) is 13.2. The molecule has 0 bridgehead atoms. The number of likely N-dealkylation sites (N-methyl/N-ethyl adjacent to an activating group) is 2. The highest BCUT2D eigenvalue weighted by molar-refractivity contribution is 5.38. The molecule has 1 heterocycles. The fraction of sp³-hybridized carbons (Fsp3) is 0.647. The molecule has 1 aromatic carbocycles. The Balaban J connectivity index is 1.64. The minimum absolute atomic E-state index is 0.392. The van der Waals surface area contributed by atoms with Crippen LogP contribution < -0.4 is 5.32 Å². The summed E-state index contributed by atoms with van der Waals surface area (Å²) in [6.07, 6.45) is 3.49. The molecule has 2 unspecified atom stereocenters. The van der Waals surface area contributed by atoms with Crippen LogP contribution >= 0.6 is 0 Å². The van der Waals surface area contributed by atoms with Gasteiger partial charge in [-0.3, -0.25) is 4.90 Å². The quantitative estimate of drug-likeness (QED) is 0.887. The number of hydrogen-bond donors (Lipinski definition) is 2. The Morgan fingerprint density at radius 1 is 1.29 bits per heavy atom. The number of benzene rings is 1. The number of piperazine rings is 1. The lowest BCUT2D eigenvalue weighted by Gasteiger charge is -2.39. The van der Waals surface area contributed by atoms with E-state index in [9.17, 15) is 5.11 Å². The Hall–Kier alpha value is -1.10. The van der Waals surface area contributed by atoms with E-state index in [-0.39, 0.29) is 0 Å². The first kappa shape index (κ1) is 14.8. The van der Waals surface area contributed by atoms with Crippen molar-refractivity contribution in [2.45, 2.75) is 31.3 Å². The van der Waals surface area contributed by atoms with Gasteiger partial charge in [0.05, 0.1) is 0 Å². The molecule has 21 heavy (non-hydrogen) atoms. The standard InChI is InChI=1S/C17H27N3O/c1-19-8-9-20(2)14(12-19)11-18-17-5-3-4-13-10-15(21)6-7-16(13)17/h6-7,10,14,17-18,21H,3-5,8-9,11-12H2,1-2H3. The fourth-order valence-electron chi connectivity index (χ4n) is 3.61. The van der Waals surface area contributed by atoms with Crippen LogP contribution in [0.3, 0.4) is 0 Å². The van der Waals surface area contributed by atoms with Crippen molar-refractivity contribution in [2.75, 3.05) is 40.3 Å². The van der Waals surface area contributed by atoms with Gasteiger partial charge < -0.3 is 15.3 Å². The molecule has 1 aliphatic heterocycles. The molecule has 0 amide bonds. The van der Waals surface area contributed by atoms with Crippen molar-refractivity contribution in [1.29, 1.82) is 0 Å². The van der Waals surface area contributed by atoms with Crippen LogP contribution in [0.25, 0.3) is 0 Å². The molecule has 2 aliphatic rings. The lowest BCUT2D eigenvalue weighted by Crippen LogP contribution is -2.54. The van der Waals surface area contributed by atoms with Gasteiger partial charge in [-0.15, -0.1) is 0 Å². The minimum atomic E-state index is 0.392. The number of nitrogens with zero attached hydrogens (tertiary/aromatic N) is 2. The highest BCUT2D eigenvalue weighted by Crippen LogP contribution is 2.31. The van der Waals surface area contributed by atoms with Crippen molar-refractivity contribution in [1.82, 2.24) is 15.1 Å². The van der Waals surface area contributed by atoms with Gasteiger partial charge >= 0.3 is 0 Å². The average molecular weight is 289 g/mol. The summed E-state index contributed by atoms with van der Waals surface area (Å²) in [6, 6.07) is 6.88. The Morgan fingerprint density at radius 2 is 2.14 bits per heavy atom. The van der Waals surface area contributed by atoms with Gasteiger partial charge in [-0.2, -0.15) is 0 Å². The zero-order valence-electron chi connectivity index (χ0n) is 13.2. The molecular formula is C17H27N3O. The van der Waals surface area contributed by atoms with Gasteiger partial charge in [0.25, 0.3) is 0 Å². The van der Waals surface area contributed by atoms with E-state index >= 15 is 0 Å². The average Bonchev–Trinajstić information content (AvgIpc) is 2.47. The van der Waals surface area contributed by atoms with Gasteiger partial charge in [0, 0.05) is 38.3 Å². The summed E-state index contributed by atoms with van der Waals surface area (Å²) in [5.74, 6) is 0.392. The first-order chi connectivity index (χ1) is 10.1. The summed E-state index contributed by atoms with van der Waals surface area (Å²) in [5.41, 5.74) is 2.69. The number of aromatic hydroxyl groups is 1. The summed E-state index contributed by atoms with van der Waals surface area (Å²) in [4.78, 5) is 4.88. The van der Waals surface area contributed by atoms with Crippen molar-refractivity contribution < 1.29 is 5.11 Å². The molecular weight excluding hydrogens is 262 g/mol. The molecule has 2 N–H and O–H groups in total. The third-order valence-electron chi connectivity index (χ3n) is 5.02. The maximum atomic E-state index is 9.64. The molecule has 1 saturated heterocycles. The van der Waals surface area contributed by atoms with Crippen LogP contribution in [0.1, 0.15) is 30.0 Å². The second kappa shape index (κ2) is 6.34. The lowest BCUT2D eigenvalue weighted by atomic mass is 9.87. The number of hydrogen-bond acceptors (Lipinski definition) is 4. The third kappa shape index (κ3) is 3.39. The van der Waals surface area contributed by atoms with Crippen LogP contribution in [-0.4, -0.2) is 61.2 Å². The molecule has 3 rings (SSSR count). The summed E-state index contributed by atoms with van der Waals surface area (Å²) in [6.45, 7) is 4.49. The third-order valence-corrected chi connectivity index (χ3v) is 5.02. The zero-order chi connectivity index (χ0) is 14.8. The molecule has 4 nitrogen and oxygen atoms in total. The van der Waals surface area contributed by atoms with Crippen molar-refractivity contribution in [3.8, 4) is 5.75 Å². The monoisotopic (exact) mass is 289 g/mol. The van der Waals surface area contributed by atoms with E-state index in [2.05, 4.69) is 35.3 Å². The second-order valence-electron chi connectivity index (χ2n) is 6.63. The van der Waals surface area contributed by atoms with Gasteiger partial charge in [0.1, 0.15) is 5.75 Å². The van der Waals surface area contributed by atoms with E-state index in [1.807, 2.05) is 12.1 Å². The smallest absolute Gasteiger partial charge is 0.115 e. The van der Waals surface area contributed by atoms with Crippen LogP contribution in [0.4, 0.5) is 0 Å². The molecule has 1 aliphatic carbocycles. The number of aryl methyl sites for hydroxylation is 1. The normalized spacial score (nSPS) is 27.5. The topological polar surface area (TPSA) is 38.7 Å². The first-order valence-corrected chi connectivity index (χ1v) is 8.07. The van der Waals surface area contributed by atoms with E-state index in [4.69, 9.17) is 0 Å². The van der Waals surface area contributed by atoms with Gasteiger partial charge in [-0.1, -0.05) is 6.07 Å². The van der Waals surface area contributed by atoms with Crippen molar-refractivity contribution >= 4 is 0 Å². The predicted molar refractivity (Wildman–Crippen MR) is 85.7 cm³/mol. The molecule has 116 valence electrons. The molecule has 1 fully saturated rings. The van der Waals surface area contributed by atoms with Gasteiger partial charge in [0.2, 0.25) is 0 Å². The molecule has 0 aromatic heterocycles. The van der Waals surface area contributed by atoms with Gasteiger partial charge in [0.15, 0.2) is 0 Å². The maximum absolute atomic E-state index is 9.64. The number of rotatable bonds is 3. The van der Waals surface area contributed by atoms with Crippen LogP contribution in [0.2, 0.25) is 0 Å². The van der Waals surface area contributed by atoms with Crippen LogP contribution in [-0.2, 0) is 6.42 Å². The van der Waals surface area contributed by atoms with Gasteiger partial charge in [-0.25, -0.2) is 0 Å². The highest BCUT2D eigenvalue weighted by atomic mass is 16.3. The molecule has 0 saturated carbocycles. The molecule has 2 atom stereocenters. The SMILES string of the molecule is CN1CCN(C)C(CNC2CCCc3cc(O)ccc32)C1. The van der Waals surface area contributed by atoms with Crippen LogP contribution in [0, 0.1) is 0 Å². The molecule has 1 aromatic rings. The highest BCUT2D eigenvalue weighted by Gasteiger charge is 2.25. The Morgan fingerprint density at radius 3 is 3.00 bits per heavy atom. The molecule has 0 spiro atoms. The van der Waals surface area contributed by atoms with Crippen molar-refractivity contribution in [2.24, 2.45) is 0 Å². The summed E-state index contributed by atoms with van der Waals surface area (Å²) >= 11 is 0. The van der Waals surface area contributed by atoms with Crippen molar-refractivity contribution in [3.05, 3.63) is 29.3 Å². The number of fused-ring (bicyclic) bond motifs is 1. The van der Waals surface area contributed by atoms with Crippen LogP contribution in [0.15, 0.2) is 18.2 Å². The van der Waals surface area contributed by atoms with E-state index < -0.39 is 0 Å². The van der Waals surface area contributed by atoms with Crippen LogP contribution in [0.5, 0.6) is 5.75 Å². The Bertz CT molecular complexity index is 491.